The maximum Gasteiger partial charge on any atom is 0.191 e. The van der Waals surface area contributed by atoms with E-state index in [9.17, 15) is 0 Å². The third-order valence-corrected chi connectivity index (χ3v) is 4.58. The first-order valence-electron chi connectivity index (χ1n) is 9.21. The molecule has 5 nitrogen and oxygen atoms in total. The van der Waals surface area contributed by atoms with E-state index in [1.54, 1.807) is 7.05 Å². The van der Waals surface area contributed by atoms with E-state index < -0.39 is 0 Å². The summed E-state index contributed by atoms with van der Waals surface area (Å²) in [7, 11) is 3.95. The van der Waals surface area contributed by atoms with Crippen molar-refractivity contribution in [2.24, 2.45) is 4.99 Å². The van der Waals surface area contributed by atoms with Gasteiger partial charge in [0.25, 0.3) is 0 Å². The zero-order valence-corrected chi connectivity index (χ0v) is 15.7. The molecule has 2 aromatic carbocycles. The lowest BCUT2D eigenvalue weighted by Crippen LogP contribution is -2.38. The zero-order chi connectivity index (χ0) is 18.2. The van der Waals surface area contributed by atoms with Crippen molar-refractivity contribution in [3.8, 4) is 5.75 Å². The summed E-state index contributed by atoms with van der Waals surface area (Å²) in [5, 5.41) is 6.66. The average molecular weight is 352 g/mol. The highest BCUT2D eigenvalue weighted by atomic mass is 16.5. The fourth-order valence-corrected chi connectivity index (χ4v) is 3.21. The molecule has 2 N–H and O–H groups in total. The fraction of sp³-hybridized carbons (Fsp3) is 0.381. The van der Waals surface area contributed by atoms with Gasteiger partial charge in [0.05, 0.1) is 6.54 Å². The maximum atomic E-state index is 5.69. The van der Waals surface area contributed by atoms with Crippen molar-refractivity contribution in [1.82, 2.24) is 10.6 Å². The zero-order valence-electron chi connectivity index (χ0n) is 15.7. The number of nitrogens with one attached hydrogen (secondary N) is 2. The van der Waals surface area contributed by atoms with Crippen molar-refractivity contribution in [3.05, 3.63) is 59.7 Å². The van der Waals surface area contributed by atoms with Crippen LogP contribution in [0.15, 0.2) is 53.5 Å². The predicted molar refractivity (Wildman–Crippen MR) is 108 cm³/mol. The molecule has 0 aliphatic carbocycles. The van der Waals surface area contributed by atoms with Gasteiger partial charge in [-0.05, 0) is 42.2 Å². The fourth-order valence-electron chi connectivity index (χ4n) is 3.21. The van der Waals surface area contributed by atoms with Gasteiger partial charge in [0.1, 0.15) is 12.4 Å². The van der Waals surface area contributed by atoms with Gasteiger partial charge in [-0.3, -0.25) is 4.99 Å². The van der Waals surface area contributed by atoms with Crippen molar-refractivity contribution in [1.29, 1.82) is 0 Å². The summed E-state index contributed by atoms with van der Waals surface area (Å²) in [5.74, 6) is 1.67. The first-order valence-corrected chi connectivity index (χ1v) is 9.21. The lowest BCUT2D eigenvalue weighted by Gasteiger charge is -2.28. The highest BCUT2D eigenvalue weighted by Crippen LogP contribution is 2.26. The molecule has 0 bridgehead atoms. The van der Waals surface area contributed by atoms with Gasteiger partial charge in [-0.15, -0.1) is 0 Å². The molecule has 3 rings (SSSR count). The molecule has 0 saturated carbocycles. The molecule has 0 saturated heterocycles. The van der Waals surface area contributed by atoms with Gasteiger partial charge in [-0.2, -0.15) is 0 Å². The Morgan fingerprint density at radius 3 is 2.81 bits per heavy atom. The predicted octanol–water partition coefficient (Wildman–Crippen LogP) is 2.81. The molecular weight excluding hydrogens is 324 g/mol. The Hall–Kier alpha value is -2.69. The second kappa shape index (κ2) is 9.13. The van der Waals surface area contributed by atoms with Crippen LogP contribution in [0.1, 0.15) is 17.5 Å². The van der Waals surface area contributed by atoms with Gasteiger partial charge >= 0.3 is 0 Å². The van der Waals surface area contributed by atoms with Crippen LogP contribution in [-0.2, 0) is 13.0 Å². The van der Waals surface area contributed by atoms with Gasteiger partial charge in [0.15, 0.2) is 5.96 Å². The minimum atomic E-state index is 0.593. The summed E-state index contributed by atoms with van der Waals surface area (Å²) in [4.78, 5) is 6.61. The third-order valence-electron chi connectivity index (χ3n) is 4.58. The standard InChI is InChI=1S/C21H28N4O/c1-22-21(23-12-14-26-19-8-4-3-5-9-19)24-16-17-10-11-20-18(15-17)7-6-13-25(20)2/h3-5,8-11,15H,6-7,12-14,16H2,1-2H3,(H2,22,23,24). The van der Waals surface area contributed by atoms with E-state index in [1.807, 2.05) is 30.3 Å². The van der Waals surface area contributed by atoms with E-state index in [1.165, 1.54) is 23.2 Å². The molecule has 0 atom stereocenters. The molecule has 5 heteroatoms. The molecule has 0 spiro atoms. The van der Waals surface area contributed by atoms with Crippen LogP contribution >= 0.6 is 0 Å². The molecule has 0 radical (unpaired) electrons. The third kappa shape index (κ3) is 4.91. The van der Waals surface area contributed by atoms with Crippen LogP contribution in [0.25, 0.3) is 0 Å². The normalized spacial score (nSPS) is 13.9. The number of nitrogens with zero attached hydrogens (tertiary/aromatic N) is 2. The Balaban J connectivity index is 1.44. The number of guanidine groups is 1. The first kappa shape index (κ1) is 18.1. The number of benzene rings is 2. The van der Waals surface area contributed by atoms with Crippen molar-refractivity contribution >= 4 is 11.6 Å². The van der Waals surface area contributed by atoms with Crippen LogP contribution in [-0.4, -0.2) is 39.8 Å². The molecule has 1 heterocycles. The Kier molecular flexibility index (Phi) is 6.36. The maximum absolute atomic E-state index is 5.69. The lowest BCUT2D eigenvalue weighted by molar-refractivity contribution is 0.322. The molecule has 138 valence electrons. The van der Waals surface area contributed by atoms with E-state index in [4.69, 9.17) is 4.74 Å². The van der Waals surface area contributed by atoms with Crippen LogP contribution in [0.3, 0.4) is 0 Å². The van der Waals surface area contributed by atoms with Crippen molar-refractivity contribution in [3.63, 3.8) is 0 Å². The Bertz CT molecular complexity index is 730. The molecule has 2 aromatic rings. The van der Waals surface area contributed by atoms with E-state index in [0.717, 1.165) is 31.2 Å². The second-order valence-electron chi connectivity index (χ2n) is 6.50. The number of aliphatic imine (C=N–C) groups is 1. The minimum Gasteiger partial charge on any atom is -0.492 e. The van der Waals surface area contributed by atoms with Crippen LogP contribution < -0.4 is 20.3 Å². The molecule has 1 aliphatic rings. The summed E-state index contributed by atoms with van der Waals surface area (Å²) in [6, 6.07) is 16.6. The molecule has 0 amide bonds. The van der Waals surface area contributed by atoms with Gasteiger partial charge in [-0.1, -0.05) is 30.3 Å². The van der Waals surface area contributed by atoms with Crippen molar-refractivity contribution in [2.45, 2.75) is 19.4 Å². The second-order valence-corrected chi connectivity index (χ2v) is 6.50. The first-order chi connectivity index (χ1) is 12.8. The smallest absolute Gasteiger partial charge is 0.191 e. The lowest BCUT2D eigenvalue weighted by atomic mass is 9.99. The van der Waals surface area contributed by atoms with E-state index in [-0.39, 0.29) is 0 Å². The number of fused-ring (bicyclic) bond motifs is 1. The molecule has 26 heavy (non-hydrogen) atoms. The Morgan fingerprint density at radius 2 is 2.00 bits per heavy atom. The average Bonchev–Trinajstić information content (AvgIpc) is 2.68. The molecule has 1 aliphatic heterocycles. The number of anilines is 1. The largest absolute Gasteiger partial charge is 0.492 e. The van der Waals surface area contributed by atoms with Gasteiger partial charge in [-0.25, -0.2) is 0 Å². The van der Waals surface area contributed by atoms with Crippen molar-refractivity contribution < 1.29 is 4.74 Å². The molecule has 0 unspecified atom stereocenters. The molecule has 0 aromatic heterocycles. The van der Waals surface area contributed by atoms with Gasteiger partial charge in [0.2, 0.25) is 0 Å². The topological polar surface area (TPSA) is 48.9 Å². The number of hydrogen-bond acceptors (Lipinski definition) is 3. The number of hydrogen-bond donors (Lipinski definition) is 2. The van der Waals surface area contributed by atoms with Crippen LogP contribution in [0.5, 0.6) is 5.75 Å². The summed E-state index contributed by atoms with van der Waals surface area (Å²) in [6.07, 6.45) is 2.39. The van der Waals surface area contributed by atoms with Gasteiger partial charge in [0, 0.05) is 32.9 Å². The highest BCUT2D eigenvalue weighted by molar-refractivity contribution is 5.79. The highest BCUT2D eigenvalue weighted by Gasteiger charge is 2.13. The summed E-state index contributed by atoms with van der Waals surface area (Å²) >= 11 is 0. The van der Waals surface area contributed by atoms with Crippen LogP contribution in [0.4, 0.5) is 5.69 Å². The number of para-hydroxylation sites is 1. The number of ether oxygens (including phenoxy) is 1. The van der Waals surface area contributed by atoms with E-state index in [2.05, 4.69) is 45.8 Å². The number of aryl methyl sites for hydroxylation is 1. The van der Waals surface area contributed by atoms with E-state index in [0.29, 0.717) is 13.2 Å². The number of rotatable bonds is 6. The minimum absolute atomic E-state index is 0.593. The van der Waals surface area contributed by atoms with Crippen molar-refractivity contribution in [2.75, 3.05) is 38.7 Å². The van der Waals surface area contributed by atoms with E-state index >= 15 is 0 Å². The SMILES string of the molecule is CN=C(NCCOc1ccccc1)NCc1ccc2c(c1)CCCN2C. The molecule has 0 fully saturated rings. The van der Waals surface area contributed by atoms with Crippen LogP contribution in [0, 0.1) is 0 Å². The van der Waals surface area contributed by atoms with Crippen LogP contribution in [0.2, 0.25) is 0 Å². The molecular formula is C21H28N4O. The quantitative estimate of drug-likeness (QED) is 0.477. The summed E-state index contributed by atoms with van der Waals surface area (Å²) in [5.41, 5.74) is 4.08. The monoisotopic (exact) mass is 352 g/mol. The summed E-state index contributed by atoms with van der Waals surface area (Å²) < 4.78 is 5.69. The Morgan fingerprint density at radius 1 is 1.15 bits per heavy atom. The Labute approximate surface area is 156 Å². The van der Waals surface area contributed by atoms with Gasteiger partial charge < -0.3 is 20.3 Å². The summed E-state index contributed by atoms with van der Waals surface area (Å²) in [6.45, 7) is 3.20.